The first-order chi connectivity index (χ1) is 8.34. The van der Waals surface area contributed by atoms with E-state index in [1.165, 1.54) is 5.69 Å². The fourth-order valence-corrected chi connectivity index (χ4v) is 1.67. The van der Waals surface area contributed by atoms with Gasteiger partial charge in [0.15, 0.2) is 0 Å². The highest BCUT2D eigenvalue weighted by Crippen LogP contribution is 2.10. The zero-order valence-electron chi connectivity index (χ0n) is 11.0. The number of nitrogens with zero attached hydrogens (tertiary/aromatic N) is 1. The van der Waals surface area contributed by atoms with Crippen LogP contribution in [0.25, 0.3) is 0 Å². The van der Waals surface area contributed by atoms with Crippen molar-refractivity contribution in [1.82, 2.24) is 5.32 Å². The molecule has 17 heavy (non-hydrogen) atoms. The van der Waals surface area contributed by atoms with Crippen molar-refractivity contribution >= 4 is 5.69 Å². The monoisotopic (exact) mass is 236 g/mol. The zero-order chi connectivity index (χ0) is 12.3. The Morgan fingerprint density at radius 3 is 2.65 bits per heavy atom. The number of nitrogens with one attached hydrogen (secondary N) is 1. The van der Waals surface area contributed by atoms with Gasteiger partial charge in [0, 0.05) is 32.4 Å². The fourth-order valence-electron chi connectivity index (χ4n) is 1.67. The fraction of sp³-hybridized carbons (Fsp3) is 0.571. The van der Waals surface area contributed by atoms with E-state index in [2.05, 4.69) is 41.5 Å². The molecule has 0 heterocycles. The second kappa shape index (κ2) is 9.02. The molecule has 0 amide bonds. The Balaban J connectivity index is 2.03. The molecular formula is C14H24N2O. The van der Waals surface area contributed by atoms with Crippen molar-refractivity contribution < 1.29 is 4.74 Å². The lowest BCUT2D eigenvalue weighted by atomic mass is 10.3. The summed E-state index contributed by atoms with van der Waals surface area (Å²) in [6, 6.07) is 10.5. The molecule has 96 valence electrons. The molecule has 0 spiro atoms. The maximum absolute atomic E-state index is 5.26. The summed E-state index contributed by atoms with van der Waals surface area (Å²) in [6.45, 7) is 6.71. The highest BCUT2D eigenvalue weighted by molar-refractivity contribution is 5.44. The van der Waals surface area contributed by atoms with Gasteiger partial charge in [-0.15, -0.1) is 0 Å². The van der Waals surface area contributed by atoms with Gasteiger partial charge in [0.25, 0.3) is 0 Å². The Kier molecular flexibility index (Phi) is 7.43. The predicted molar refractivity (Wildman–Crippen MR) is 73.7 cm³/mol. The van der Waals surface area contributed by atoms with E-state index in [9.17, 15) is 0 Å². The maximum atomic E-state index is 5.26. The first-order valence-corrected chi connectivity index (χ1v) is 6.39. The summed E-state index contributed by atoms with van der Waals surface area (Å²) in [7, 11) is 2.13. The molecular weight excluding hydrogens is 212 g/mol. The van der Waals surface area contributed by atoms with Crippen molar-refractivity contribution in [3.05, 3.63) is 30.3 Å². The molecule has 3 heteroatoms. The third-order valence-corrected chi connectivity index (χ3v) is 2.67. The molecule has 0 atom stereocenters. The topological polar surface area (TPSA) is 24.5 Å². The van der Waals surface area contributed by atoms with E-state index in [-0.39, 0.29) is 0 Å². The summed E-state index contributed by atoms with van der Waals surface area (Å²) in [5.41, 5.74) is 1.28. The Morgan fingerprint density at radius 2 is 1.94 bits per heavy atom. The zero-order valence-corrected chi connectivity index (χ0v) is 11.0. The van der Waals surface area contributed by atoms with Crippen LogP contribution in [0.15, 0.2) is 30.3 Å². The molecule has 1 rings (SSSR count). The lowest BCUT2D eigenvalue weighted by Gasteiger charge is -2.19. The summed E-state index contributed by atoms with van der Waals surface area (Å²) in [4.78, 5) is 2.28. The molecule has 0 saturated heterocycles. The maximum Gasteiger partial charge on any atom is 0.0590 e. The van der Waals surface area contributed by atoms with Crippen molar-refractivity contribution in [1.29, 1.82) is 0 Å². The SMILES string of the molecule is CCOCCNCCCN(C)c1ccccc1. The molecule has 0 unspecified atom stereocenters. The molecule has 3 nitrogen and oxygen atoms in total. The largest absolute Gasteiger partial charge is 0.380 e. The van der Waals surface area contributed by atoms with Crippen molar-refractivity contribution in [2.45, 2.75) is 13.3 Å². The molecule has 0 aliphatic rings. The van der Waals surface area contributed by atoms with Crippen molar-refractivity contribution in [3.63, 3.8) is 0 Å². The molecule has 0 saturated carbocycles. The van der Waals surface area contributed by atoms with Crippen molar-refractivity contribution in [2.75, 3.05) is 44.8 Å². The summed E-state index contributed by atoms with van der Waals surface area (Å²) in [6.07, 6.45) is 1.15. The Morgan fingerprint density at radius 1 is 1.18 bits per heavy atom. The summed E-state index contributed by atoms with van der Waals surface area (Å²) >= 11 is 0. The van der Waals surface area contributed by atoms with Gasteiger partial charge in [-0.3, -0.25) is 0 Å². The van der Waals surface area contributed by atoms with E-state index in [1.807, 2.05) is 13.0 Å². The van der Waals surface area contributed by atoms with E-state index in [1.54, 1.807) is 0 Å². The summed E-state index contributed by atoms with van der Waals surface area (Å²) in [5.74, 6) is 0. The molecule has 1 N–H and O–H groups in total. The lowest BCUT2D eigenvalue weighted by molar-refractivity contribution is 0.149. The number of benzene rings is 1. The standard InChI is InChI=1S/C14H24N2O/c1-3-17-13-11-15-10-7-12-16(2)14-8-5-4-6-9-14/h4-6,8-9,15H,3,7,10-13H2,1-2H3. The van der Waals surface area contributed by atoms with Crippen LogP contribution in [0.4, 0.5) is 5.69 Å². The average molecular weight is 236 g/mol. The molecule has 0 radical (unpaired) electrons. The van der Waals surface area contributed by atoms with Gasteiger partial charge >= 0.3 is 0 Å². The quantitative estimate of drug-likeness (QED) is 0.665. The van der Waals surface area contributed by atoms with Gasteiger partial charge in [0.1, 0.15) is 0 Å². The third-order valence-electron chi connectivity index (χ3n) is 2.67. The van der Waals surface area contributed by atoms with E-state index < -0.39 is 0 Å². The van der Waals surface area contributed by atoms with E-state index in [0.717, 1.165) is 39.3 Å². The Bertz CT molecular complexity index is 277. The van der Waals surface area contributed by atoms with Crippen LogP contribution in [-0.2, 0) is 4.74 Å². The van der Waals surface area contributed by atoms with Gasteiger partial charge in [-0.25, -0.2) is 0 Å². The van der Waals surface area contributed by atoms with Gasteiger partial charge in [0.05, 0.1) is 6.61 Å². The van der Waals surface area contributed by atoms with Gasteiger partial charge < -0.3 is 15.0 Å². The van der Waals surface area contributed by atoms with Gasteiger partial charge in [-0.1, -0.05) is 18.2 Å². The highest BCUT2D eigenvalue weighted by Gasteiger charge is 1.98. The Labute approximate surface area is 105 Å². The van der Waals surface area contributed by atoms with E-state index in [0.29, 0.717) is 0 Å². The average Bonchev–Trinajstić information content (AvgIpc) is 2.38. The number of para-hydroxylation sites is 1. The normalized spacial score (nSPS) is 10.5. The van der Waals surface area contributed by atoms with E-state index >= 15 is 0 Å². The van der Waals surface area contributed by atoms with Crippen LogP contribution in [0, 0.1) is 0 Å². The Hall–Kier alpha value is -1.06. The van der Waals surface area contributed by atoms with Crippen LogP contribution in [0.3, 0.4) is 0 Å². The van der Waals surface area contributed by atoms with Gasteiger partial charge in [-0.05, 0) is 32.0 Å². The molecule has 0 aliphatic heterocycles. The first-order valence-electron chi connectivity index (χ1n) is 6.39. The minimum absolute atomic E-state index is 0.804. The number of hydrogen-bond donors (Lipinski definition) is 1. The van der Waals surface area contributed by atoms with Crippen molar-refractivity contribution in [2.24, 2.45) is 0 Å². The molecule has 0 bridgehead atoms. The molecule has 0 aliphatic carbocycles. The highest BCUT2D eigenvalue weighted by atomic mass is 16.5. The minimum Gasteiger partial charge on any atom is -0.380 e. The van der Waals surface area contributed by atoms with Crippen LogP contribution in [0.5, 0.6) is 0 Å². The number of rotatable bonds is 9. The molecule has 1 aromatic rings. The number of hydrogen-bond acceptors (Lipinski definition) is 3. The molecule has 1 aromatic carbocycles. The minimum atomic E-state index is 0.804. The molecule has 0 aromatic heterocycles. The number of anilines is 1. The smallest absolute Gasteiger partial charge is 0.0590 e. The predicted octanol–water partition coefficient (Wildman–Crippen LogP) is 2.14. The van der Waals surface area contributed by atoms with Crippen LogP contribution >= 0.6 is 0 Å². The van der Waals surface area contributed by atoms with Crippen LogP contribution in [0.1, 0.15) is 13.3 Å². The summed E-state index contributed by atoms with van der Waals surface area (Å²) < 4.78 is 5.26. The molecule has 0 fully saturated rings. The van der Waals surface area contributed by atoms with Gasteiger partial charge in [-0.2, -0.15) is 0 Å². The van der Waals surface area contributed by atoms with Crippen molar-refractivity contribution in [3.8, 4) is 0 Å². The third kappa shape index (κ3) is 6.29. The van der Waals surface area contributed by atoms with Crippen LogP contribution in [-0.4, -0.2) is 39.9 Å². The van der Waals surface area contributed by atoms with Gasteiger partial charge in [0.2, 0.25) is 0 Å². The first kappa shape index (κ1) is 14.0. The summed E-state index contributed by atoms with van der Waals surface area (Å²) in [5, 5.41) is 3.38. The lowest BCUT2D eigenvalue weighted by Crippen LogP contribution is -2.25. The second-order valence-corrected chi connectivity index (χ2v) is 4.06. The number of ether oxygens (including phenoxy) is 1. The van der Waals surface area contributed by atoms with E-state index in [4.69, 9.17) is 4.74 Å². The second-order valence-electron chi connectivity index (χ2n) is 4.06. The van der Waals surface area contributed by atoms with Crippen LogP contribution < -0.4 is 10.2 Å². The van der Waals surface area contributed by atoms with Crippen LogP contribution in [0.2, 0.25) is 0 Å².